The van der Waals surface area contributed by atoms with Gasteiger partial charge >= 0.3 is 0 Å². The first kappa shape index (κ1) is 26.8. The van der Waals surface area contributed by atoms with Crippen LogP contribution in [-0.2, 0) is 24.2 Å². The van der Waals surface area contributed by atoms with Gasteiger partial charge < -0.3 is 19.9 Å². The number of aliphatic hydroxyl groups is 1. The summed E-state index contributed by atoms with van der Waals surface area (Å²) in [5.41, 5.74) is 5.47. The molecule has 2 unspecified atom stereocenters. The van der Waals surface area contributed by atoms with Gasteiger partial charge in [0.05, 0.1) is 36.8 Å². The van der Waals surface area contributed by atoms with Gasteiger partial charge in [0.15, 0.2) is 0 Å². The predicted octanol–water partition coefficient (Wildman–Crippen LogP) is 3.00. The van der Waals surface area contributed by atoms with E-state index in [-0.39, 0.29) is 6.04 Å². The largest absolute Gasteiger partial charge is 0.386 e. The number of fused-ring (bicyclic) bond motifs is 2. The maximum atomic E-state index is 10.7. The van der Waals surface area contributed by atoms with Crippen molar-refractivity contribution in [2.75, 3.05) is 39.3 Å². The number of carbonyl (C=O) groups excluding carboxylic acids is 1. The molecule has 2 aromatic heterocycles. The molecule has 1 aliphatic carbocycles. The highest BCUT2D eigenvalue weighted by molar-refractivity contribution is 6.30. The Labute approximate surface area is 229 Å². The van der Waals surface area contributed by atoms with E-state index in [1.165, 1.54) is 22.4 Å². The van der Waals surface area contributed by atoms with Gasteiger partial charge in [-0.05, 0) is 67.5 Å². The number of piperazine rings is 1. The topological polar surface area (TPSA) is 86.5 Å². The quantitative estimate of drug-likeness (QED) is 0.499. The Morgan fingerprint density at radius 2 is 1.97 bits per heavy atom. The van der Waals surface area contributed by atoms with Gasteiger partial charge in [-0.25, -0.2) is 4.98 Å². The number of hydrogen-bond acceptors (Lipinski definition) is 6. The van der Waals surface area contributed by atoms with Gasteiger partial charge in [0, 0.05) is 50.1 Å². The normalized spacial score (nSPS) is 23.4. The van der Waals surface area contributed by atoms with Gasteiger partial charge in [-0.1, -0.05) is 23.7 Å². The van der Waals surface area contributed by atoms with Crippen LogP contribution < -0.4 is 5.32 Å². The van der Waals surface area contributed by atoms with E-state index in [9.17, 15) is 9.90 Å². The van der Waals surface area contributed by atoms with Gasteiger partial charge in [0.1, 0.15) is 5.60 Å². The highest BCUT2D eigenvalue weighted by Crippen LogP contribution is 2.36. The lowest BCUT2D eigenvalue weighted by molar-refractivity contribution is -0.125. The van der Waals surface area contributed by atoms with E-state index in [0.29, 0.717) is 13.1 Å². The summed E-state index contributed by atoms with van der Waals surface area (Å²) in [6.07, 6.45) is 10.0. The highest BCUT2D eigenvalue weighted by Gasteiger charge is 2.33. The molecule has 0 bridgehead atoms. The number of benzene rings is 1. The van der Waals surface area contributed by atoms with E-state index < -0.39 is 5.60 Å². The number of likely N-dealkylation sites (tertiary alicyclic amines) is 1. The standard InChI is InChI=1S/C18H20ClN3.C11H17N3O2/c19-15-5-6-16-14(12-15)4-3-13-2-1-7-21-17(13)18(16)22-10-8-20-9-11-22;1-10-5-14(8-12-10)7-11(16)3-2-4-13(6-11)9-15/h1-2,5-7,12,18,20H,3-4,8-11H2;5,8-9,16H,2-4,6-7H2,1H3. The van der Waals surface area contributed by atoms with Crippen molar-refractivity contribution in [2.45, 2.75) is 50.8 Å². The van der Waals surface area contributed by atoms with Crippen LogP contribution in [0.5, 0.6) is 0 Å². The van der Waals surface area contributed by atoms with Crippen molar-refractivity contribution in [2.24, 2.45) is 0 Å². The number of imidazole rings is 1. The predicted molar refractivity (Wildman–Crippen MR) is 148 cm³/mol. The molecular weight excluding hydrogens is 500 g/mol. The Balaban J connectivity index is 0.000000163. The number of rotatable bonds is 4. The molecule has 2 atom stereocenters. The smallest absolute Gasteiger partial charge is 0.209 e. The molecule has 1 aromatic carbocycles. The van der Waals surface area contributed by atoms with Crippen LogP contribution in [0, 0.1) is 6.92 Å². The van der Waals surface area contributed by atoms with Crippen LogP contribution >= 0.6 is 11.6 Å². The Morgan fingerprint density at radius 3 is 2.74 bits per heavy atom. The van der Waals surface area contributed by atoms with Crippen LogP contribution in [0.3, 0.4) is 0 Å². The maximum absolute atomic E-state index is 10.7. The molecule has 38 heavy (non-hydrogen) atoms. The second kappa shape index (κ2) is 11.9. The minimum Gasteiger partial charge on any atom is -0.386 e. The number of aryl methyl sites for hydroxylation is 3. The molecular formula is C29H37ClN6O2. The number of piperidine rings is 1. The molecule has 3 aromatic rings. The van der Waals surface area contributed by atoms with E-state index in [0.717, 1.165) is 75.5 Å². The Morgan fingerprint density at radius 1 is 1.16 bits per heavy atom. The average Bonchev–Trinajstić information content (AvgIpc) is 3.25. The number of pyridine rings is 1. The number of hydrogen-bond donors (Lipinski definition) is 2. The first-order valence-corrected chi connectivity index (χ1v) is 13.9. The zero-order valence-corrected chi connectivity index (χ0v) is 22.8. The number of β-amino-alcohol motifs (C(OH)–C–C–N with tert-alkyl or cyclic N) is 1. The molecule has 6 rings (SSSR count). The van der Waals surface area contributed by atoms with Crippen LogP contribution in [0.2, 0.25) is 5.02 Å². The molecule has 0 saturated carbocycles. The fourth-order valence-electron chi connectivity index (χ4n) is 5.96. The summed E-state index contributed by atoms with van der Waals surface area (Å²) in [6, 6.07) is 10.9. The van der Waals surface area contributed by atoms with Gasteiger partial charge in [-0.2, -0.15) is 0 Å². The summed E-state index contributed by atoms with van der Waals surface area (Å²) in [6.45, 7) is 7.77. The number of nitrogens with zero attached hydrogens (tertiary/aromatic N) is 5. The SMILES string of the molecule is Cc1cn(CC2(O)CCCN(C=O)C2)cn1.Clc1ccc2c(c1)CCc1cccnc1C2N1CCNCC1. The molecule has 202 valence electrons. The lowest BCUT2D eigenvalue weighted by atomic mass is 9.93. The highest BCUT2D eigenvalue weighted by atomic mass is 35.5. The van der Waals surface area contributed by atoms with Crippen molar-refractivity contribution in [3.05, 3.63) is 82.2 Å². The molecule has 9 heteroatoms. The van der Waals surface area contributed by atoms with Crippen molar-refractivity contribution in [1.82, 2.24) is 29.7 Å². The Hall–Kier alpha value is -2.78. The second-order valence-electron chi connectivity index (χ2n) is 10.7. The molecule has 2 N–H and O–H groups in total. The van der Waals surface area contributed by atoms with E-state index >= 15 is 0 Å². The summed E-state index contributed by atoms with van der Waals surface area (Å²) in [7, 11) is 0. The summed E-state index contributed by atoms with van der Waals surface area (Å²) >= 11 is 6.24. The number of halogens is 1. The third-order valence-corrected chi connectivity index (χ3v) is 7.97. The molecule has 0 spiro atoms. The summed E-state index contributed by atoms with van der Waals surface area (Å²) in [4.78, 5) is 23.8. The monoisotopic (exact) mass is 536 g/mol. The molecule has 1 amide bonds. The summed E-state index contributed by atoms with van der Waals surface area (Å²) in [5, 5.41) is 14.7. The molecule has 2 aliphatic heterocycles. The fraction of sp³-hybridized carbons (Fsp3) is 0.483. The van der Waals surface area contributed by atoms with Crippen LogP contribution in [0.4, 0.5) is 0 Å². The Kier molecular flexibility index (Phi) is 8.43. The fourth-order valence-corrected chi connectivity index (χ4v) is 6.15. The van der Waals surface area contributed by atoms with Gasteiger partial charge in [-0.15, -0.1) is 0 Å². The first-order valence-electron chi connectivity index (χ1n) is 13.5. The lowest BCUT2D eigenvalue weighted by Crippen LogP contribution is -2.49. The lowest BCUT2D eigenvalue weighted by Gasteiger charge is -2.37. The molecule has 4 heterocycles. The van der Waals surface area contributed by atoms with Crippen LogP contribution in [0.1, 0.15) is 47.0 Å². The van der Waals surface area contributed by atoms with E-state index in [4.69, 9.17) is 16.6 Å². The third-order valence-electron chi connectivity index (χ3n) is 7.74. The zero-order chi connectivity index (χ0) is 26.5. The number of carbonyl (C=O) groups is 1. The average molecular weight is 537 g/mol. The van der Waals surface area contributed by atoms with Crippen LogP contribution in [-0.4, -0.2) is 80.7 Å². The van der Waals surface area contributed by atoms with Crippen molar-refractivity contribution >= 4 is 18.0 Å². The van der Waals surface area contributed by atoms with Crippen LogP contribution in [0.25, 0.3) is 0 Å². The Bertz CT molecular complexity index is 1240. The van der Waals surface area contributed by atoms with Gasteiger partial charge in [0.2, 0.25) is 6.41 Å². The summed E-state index contributed by atoms with van der Waals surface area (Å²) in [5.74, 6) is 0. The summed E-state index contributed by atoms with van der Waals surface area (Å²) < 4.78 is 1.88. The van der Waals surface area contributed by atoms with Crippen molar-refractivity contribution in [3.63, 3.8) is 0 Å². The number of aromatic nitrogens is 3. The van der Waals surface area contributed by atoms with Crippen LogP contribution in [0.15, 0.2) is 49.1 Å². The molecule has 3 aliphatic rings. The van der Waals surface area contributed by atoms with E-state index in [1.54, 1.807) is 11.2 Å². The van der Waals surface area contributed by atoms with Crippen molar-refractivity contribution < 1.29 is 9.90 Å². The van der Waals surface area contributed by atoms with E-state index in [2.05, 4.69) is 39.5 Å². The molecule has 0 radical (unpaired) electrons. The van der Waals surface area contributed by atoms with E-state index in [1.807, 2.05) is 30.0 Å². The molecule has 2 fully saturated rings. The second-order valence-corrected chi connectivity index (χ2v) is 11.1. The molecule has 2 saturated heterocycles. The van der Waals surface area contributed by atoms with Crippen molar-refractivity contribution in [1.29, 1.82) is 0 Å². The molecule has 8 nitrogen and oxygen atoms in total. The van der Waals surface area contributed by atoms with Crippen molar-refractivity contribution in [3.8, 4) is 0 Å². The number of nitrogens with one attached hydrogen (secondary N) is 1. The minimum absolute atomic E-state index is 0.257. The number of amides is 1. The third kappa shape index (κ3) is 6.26. The maximum Gasteiger partial charge on any atom is 0.209 e. The first-order chi connectivity index (χ1) is 18.4. The zero-order valence-electron chi connectivity index (χ0n) is 22.0. The van der Waals surface area contributed by atoms with Gasteiger partial charge in [0.25, 0.3) is 0 Å². The van der Waals surface area contributed by atoms with Gasteiger partial charge in [-0.3, -0.25) is 14.7 Å². The minimum atomic E-state index is -0.813.